The van der Waals surface area contributed by atoms with E-state index in [9.17, 15) is 39.6 Å². The van der Waals surface area contributed by atoms with Gasteiger partial charge in [0, 0.05) is 75.4 Å². The molecule has 0 heterocycles. The van der Waals surface area contributed by atoms with Crippen molar-refractivity contribution < 1.29 is 39.6 Å². The molecular weight excluding hydrogens is 693 g/mol. The molecule has 8 N–H and O–H groups in total. The van der Waals surface area contributed by atoms with Crippen molar-refractivity contribution in [1.29, 1.82) is 0 Å². The molecule has 0 aromatic heterocycles. The van der Waals surface area contributed by atoms with Crippen LogP contribution in [0.5, 0.6) is 0 Å². The van der Waals surface area contributed by atoms with E-state index in [1.165, 1.54) is 14.1 Å². The van der Waals surface area contributed by atoms with Gasteiger partial charge in [-0.1, -0.05) is 110 Å². The van der Waals surface area contributed by atoms with Gasteiger partial charge in [-0.3, -0.25) is 19.2 Å². The predicted octanol–water partition coefficient (Wildman–Crippen LogP) is 1.87. The van der Waals surface area contributed by atoms with Crippen LogP contribution in [-0.2, 0) is 54.4 Å². The first-order valence-corrected chi connectivity index (χ1v) is 17.6. The maximum atomic E-state index is 12.7. The Hall–Kier alpha value is -3.40. The van der Waals surface area contributed by atoms with Crippen molar-refractivity contribution in [3.8, 4) is 0 Å². The fourth-order valence-corrected chi connectivity index (χ4v) is 4.97. The molecule has 12 nitrogen and oxygen atoms in total. The Bertz CT molecular complexity index is 1240. The molecule has 0 saturated heterocycles. The van der Waals surface area contributed by atoms with Gasteiger partial charge < -0.3 is 41.7 Å². The maximum Gasteiger partial charge on any atom is 0.253 e. The molecule has 0 aliphatic carbocycles. The number of hydrogen-bond acceptors (Lipinski definition) is 10. The molecule has 0 fully saturated rings. The smallest absolute Gasteiger partial charge is 0.253 e. The summed E-state index contributed by atoms with van der Waals surface area (Å²) in [6.45, 7) is 10.3. The molecular formula is C37H60N4O8S2. The number of carbonyl (C=O) groups is 4. The predicted molar refractivity (Wildman–Crippen MR) is 206 cm³/mol. The molecule has 0 saturated carbocycles. The van der Waals surface area contributed by atoms with Gasteiger partial charge in [0.15, 0.2) is 0 Å². The SMILES string of the molecule is C.CNC(=O)[C@@H](NC(=O)[C@@](O)(CCO)Cc1ccccc1)C(C)(C)C.CNC(=O)[C@@H](NC(=O)[C@](O)(CCO)Cc1ccccc1)C(C)(C)C.S=S. The first-order chi connectivity index (χ1) is 23.3. The van der Waals surface area contributed by atoms with Crippen molar-refractivity contribution in [3.63, 3.8) is 0 Å². The number of hydrogen-bond donors (Lipinski definition) is 8. The van der Waals surface area contributed by atoms with E-state index < -0.39 is 45.9 Å². The van der Waals surface area contributed by atoms with Crippen LogP contribution in [0.3, 0.4) is 0 Å². The first kappa shape index (κ1) is 49.7. The van der Waals surface area contributed by atoms with E-state index >= 15 is 0 Å². The number of aliphatic hydroxyl groups excluding tert-OH is 2. The van der Waals surface area contributed by atoms with Crippen molar-refractivity contribution >= 4 is 46.0 Å². The second kappa shape index (κ2) is 23.2. The molecule has 4 atom stereocenters. The zero-order valence-corrected chi connectivity index (χ0v) is 32.0. The summed E-state index contributed by atoms with van der Waals surface area (Å²) in [5, 5.41) is 50.4. The van der Waals surface area contributed by atoms with Gasteiger partial charge in [0.25, 0.3) is 11.8 Å². The van der Waals surface area contributed by atoms with E-state index in [1.807, 2.05) is 77.9 Å². The Morgan fingerprint density at radius 1 is 0.608 bits per heavy atom. The van der Waals surface area contributed by atoms with Gasteiger partial charge in [0.2, 0.25) is 11.8 Å². The van der Waals surface area contributed by atoms with Crippen molar-refractivity contribution in [2.45, 2.75) is 97.9 Å². The second-order valence-electron chi connectivity index (χ2n) is 14.1. The van der Waals surface area contributed by atoms with E-state index in [4.69, 9.17) is 0 Å². The highest BCUT2D eigenvalue weighted by atomic mass is 32.8. The van der Waals surface area contributed by atoms with Crippen molar-refractivity contribution in [2.24, 2.45) is 10.8 Å². The van der Waals surface area contributed by atoms with E-state index in [2.05, 4.69) is 43.6 Å². The summed E-state index contributed by atoms with van der Waals surface area (Å²) in [7, 11) is 2.99. The Kier molecular flexibility index (Phi) is 22.6. The fourth-order valence-electron chi connectivity index (χ4n) is 4.97. The zero-order chi connectivity index (χ0) is 38.8. The van der Waals surface area contributed by atoms with Crippen LogP contribution >= 0.6 is 0 Å². The molecule has 2 aromatic rings. The van der Waals surface area contributed by atoms with Crippen LogP contribution in [0.25, 0.3) is 0 Å². The highest BCUT2D eigenvalue weighted by Gasteiger charge is 2.42. The lowest BCUT2D eigenvalue weighted by atomic mass is 9.84. The molecule has 0 unspecified atom stereocenters. The minimum Gasteiger partial charge on any atom is -0.396 e. The summed E-state index contributed by atoms with van der Waals surface area (Å²) in [4.78, 5) is 49.5. The van der Waals surface area contributed by atoms with Crippen LogP contribution in [0.4, 0.5) is 0 Å². The van der Waals surface area contributed by atoms with Crippen molar-refractivity contribution in [2.75, 3.05) is 27.3 Å². The minimum atomic E-state index is -1.78. The van der Waals surface area contributed by atoms with Crippen molar-refractivity contribution in [1.82, 2.24) is 21.3 Å². The third kappa shape index (κ3) is 16.7. The molecule has 4 amide bonds. The molecule has 0 aliphatic rings. The van der Waals surface area contributed by atoms with Crippen LogP contribution in [0.15, 0.2) is 60.7 Å². The second-order valence-corrected chi connectivity index (χ2v) is 14.1. The van der Waals surface area contributed by atoms with Crippen LogP contribution in [-0.4, -0.2) is 94.6 Å². The number of benzene rings is 2. The van der Waals surface area contributed by atoms with Gasteiger partial charge in [-0.05, 0) is 22.0 Å². The molecule has 0 aliphatic heterocycles. The quantitative estimate of drug-likeness (QED) is 0.141. The molecule has 0 radical (unpaired) electrons. The summed E-state index contributed by atoms with van der Waals surface area (Å²) in [6.07, 6.45) is -0.105. The van der Waals surface area contributed by atoms with E-state index in [0.717, 1.165) is 11.1 Å². The van der Waals surface area contributed by atoms with Crippen LogP contribution in [0, 0.1) is 10.8 Å². The summed E-state index contributed by atoms with van der Waals surface area (Å²) in [5.41, 5.74) is -3.07. The first-order valence-electron chi connectivity index (χ1n) is 16.2. The Balaban J connectivity index is 0. The summed E-state index contributed by atoms with van der Waals surface area (Å²) in [6, 6.07) is 16.6. The Morgan fingerprint density at radius 2 is 0.882 bits per heavy atom. The van der Waals surface area contributed by atoms with Gasteiger partial charge >= 0.3 is 0 Å². The fraction of sp³-hybridized carbons (Fsp3) is 0.568. The van der Waals surface area contributed by atoms with Crippen molar-refractivity contribution in [3.05, 3.63) is 71.8 Å². The average Bonchev–Trinajstić information content (AvgIpc) is 3.06. The van der Waals surface area contributed by atoms with Gasteiger partial charge in [0.05, 0.1) is 0 Å². The molecule has 2 rings (SSSR count). The summed E-state index contributed by atoms with van der Waals surface area (Å²) in [5.74, 6) is -1.99. The van der Waals surface area contributed by atoms with Gasteiger partial charge in [-0.2, -0.15) is 0 Å². The lowest BCUT2D eigenvalue weighted by Gasteiger charge is -2.34. The monoisotopic (exact) mass is 752 g/mol. The van der Waals surface area contributed by atoms with Gasteiger partial charge in [-0.25, -0.2) is 0 Å². The molecule has 0 bridgehead atoms. The van der Waals surface area contributed by atoms with Crippen LogP contribution in [0.1, 0.15) is 72.9 Å². The zero-order valence-electron chi connectivity index (χ0n) is 30.4. The Labute approximate surface area is 313 Å². The minimum absolute atomic E-state index is 0. The van der Waals surface area contributed by atoms with Gasteiger partial charge in [0.1, 0.15) is 23.3 Å². The van der Waals surface area contributed by atoms with E-state index in [0.29, 0.717) is 0 Å². The highest BCUT2D eigenvalue weighted by molar-refractivity contribution is 8.07. The van der Waals surface area contributed by atoms with E-state index in [1.54, 1.807) is 24.3 Å². The average molecular weight is 753 g/mol. The Morgan fingerprint density at radius 3 is 1.10 bits per heavy atom. The molecule has 51 heavy (non-hydrogen) atoms. The lowest BCUT2D eigenvalue weighted by Crippen LogP contribution is -2.59. The van der Waals surface area contributed by atoms with E-state index in [-0.39, 0.29) is 58.1 Å². The number of rotatable bonds is 14. The standard InChI is InChI=1S/2C18H28N2O4.CH4.S2/c2*1-17(2,3)14(15(22)19-4)20-16(23)18(24,10-11-21)12-13-8-6-5-7-9-13;;1-2/h2*5-9,14,21,24H,10-12H2,1-4H3,(H,19,22)(H,20,23);1H4;/t14-,18+;14-,18-;;/m11../s1. The normalized spacial score (nSPS) is 14.4. The van der Waals surface area contributed by atoms with Gasteiger partial charge in [-0.15, -0.1) is 0 Å². The number of carbonyl (C=O) groups excluding carboxylic acids is 4. The highest BCUT2D eigenvalue weighted by Crippen LogP contribution is 2.24. The number of aliphatic hydroxyl groups is 4. The number of nitrogens with one attached hydrogen (secondary N) is 4. The topological polar surface area (TPSA) is 197 Å². The maximum absolute atomic E-state index is 12.7. The largest absolute Gasteiger partial charge is 0.396 e. The number of likely N-dealkylation sites (N-methyl/N-ethyl adjacent to an activating group) is 2. The third-order valence-corrected chi connectivity index (χ3v) is 7.87. The molecule has 14 heteroatoms. The lowest BCUT2D eigenvalue weighted by molar-refractivity contribution is -0.145. The molecule has 2 aromatic carbocycles. The summed E-state index contributed by atoms with van der Waals surface area (Å²) >= 11 is 7.33. The van der Waals surface area contributed by atoms with Crippen LogP contribution in [0.2, 0.25) is 0 Å². The summed E-state index contributed by atoms with van der Waals surface area (Å²) < 4.78 is 0. The third-order valence-electron chi connectivity index (χ3n) is 7.87. The number of amides is 4. The molecule has 288 valence electrons. The molecule has 0 spiro atoms. The van der Waals surface area contributed by atoms with Crippen LogP contribution < -0.4 is 21.3 Å².